The Kier molecular flexibility index (Phi) is 5.35. The maximum absolute atomic E-state index is 13.8. The number of likely N-dealkylation sites (tertiary alicyclic amines) is 1. The van der Waals surface area contributed by atoms with Gasteiger partial charge in [-0.1, -0.05) is 24.3 Å². The van der Waals surface area contributed by atoms with Crippen LogP contribution in [-0.2, 0) is 0 Å². The van der Waals surface area contributed by atoms with Crippen LogP contribution in [0.1, 0.15) is 30.0 Å². The highest BCUT2D eigenvalue weighted by atomic mass is 19.3. The molecule has 0 aliphatic carbocycles. The first-order chi connectivity index (χ1) is 12.5. The molecule has 0 aromatic heterocycles. The average Bonchev–Trinajstić information content (AvgIpc) is 3.07. The van der Waals surface area contributed by atoms with Crippen LogP contribution in [0.15, 0.2) is 42.5 Å². The topological polar surface area (TPSA) is 41.6 Å². The number of rotatable bonds is 4. The van der Waals surface area contributed by atoms with Crippen LogP contribution in [-0.4, -0.2) is 24.1 Å². The number of amides is 2. The number of urea groups is 1. The maximum Gasteiger partial charge on any atom is 0.387 e. The van der Waals surface area contributed by atoms with E-state index in [-0.39, 0.29) is 17.8 Å². The number of nitrogens with zero attached hydrogens (tertiary/aromatic N) is 1. The molecule has 1 atom stereocenters. The zero-order valence-electron chi connectivity index (χ0n) is 14.2. The van der Waals surface area contributed by atoms with Gasteiger partial charge in [-0.3, -0.25) is 0 Å². The number of aryl methyl sites for hydroxylation is 1. The number of alkyl halides is 2. The molecule has 7 heteroatoms. The molecule has 1 heterocycles. The van der Waals surface area contributed by atoms with E-state index in [4.69, 9.17) is 0 Å². The normalized spacial score (nSPS) is 16.8. The van der Waals surface area contributed by atoms with E-state index in [2.05, 4.69) is 10.1 Å². The molecule has 1 unspecified atom stereocenters. The Labute approximate surface area is 149 Å². The molecule has 0 spiro atoms. The lowest BCUT2D eigenvalue weighted by Gasteiger charge is -2.26. The predicted molar refractivity (Wildman–Crippen MR) is 91.9 cm³/mol. The summed E-state index contributed by atoms with van der Waals surface area (Å²) in [5, 5.41) is 2.63. The van der Waals surface area contributed by atoms with Crippen molar-refractivity contribution >= 4 is 11.7 Å². The molecule has 1 N–H and O–H groups in total. The Morgan fingerprint density at radius 1 is 1.27 bits per heavy atom. The number of hydrogen-bond donors (Lipinski definition) is 1. The van der Waals surface area contributed by atoms with Gasteiger partial charge in [0.05, 0.1) is 6.04 Å². The van der Waals surface area contributed by atoms with Gasteiger partial charge in [-0.05, 0) is 43.0 Å². The van der Waals surface area contributed by atoms with E-state index in [0.29, 0.717) is 6.54 Å². The first-order valence-corrected chi connectivity index (χ1v) is 8.33. The second-order valence-electron chi connectivity index (χ2n) is 6.16. The van der Waals surface area contributed by atoms with Gasteiger partial charge in [-0.15, -0.1) is 0 Å². The number of halogens is 3. The van der Waals surface area contributed by atoms with Gasteiger partial charge < -0.3 is 15.0 Å². The van der Waals surface area contributed by atoms with Crippen LogP contribution in [0.5, 0.6) is 5.75 Å². The SMILES string of the molecule is Cc1ccccc1C1CCCN1C(=O)Nc1ccc(OC(F)F)c(F)c1. The molecule has 2 aromatic rings. The van der Waals surface area contributed by atoms with Crippen molar-refractivity contribution in [3.05, 3.63) is 59.4 Å². The fourth-order valence-corrected chi connectivity index (χ4v) is 3.26. The van der Waals surface area contributed by atoms with Gasteiger partial charge in [0.1, 0.15) is 0 Å². The largest absolute Gasteiger partial charge is 0.432 e. The number of hydrogen-bond acceptors (Lipinski definition) is 2. The Morgan fingerprint density at radius 3 is 2.73 bits per heavy atom. The van der Waals surface area contributed by atoms with Crippen LogP contribution in [0.25, 0.3) is 0 Å². The average molecular weight is 364 g/mol. The molecule has 26 heavy (non-hydrogen) atoms. The minimum atomic E-state index is -3.11. The van der Waals surface area contributed by atoms with Crippen molar-refractivity contribution < 1.29 is 22.7 Å². The minimum absolute atomic E-state index is 0.0394. The summed E-state index contributed by atoms with van der Waals surface area (Å²) in [6.45, 7) is -0.509. The van der Waals surface area contributed by atoms with E-state index in [0.717, 1.165) is 36.1 Å². The molecule has 1 aliphatic rings. The monoisotopic (exact) mass is 364 g/mol. The molecular weight excluding hydrogens is 345 g/mol. The first kappa shape index (κ1) is 18.1. The number of carbonyl (C=O) groups excluding carboxylic acids is 1. The number of benzene rings is 2. The second kappa shape index (κ2) is 7.68. The van der Waals surface area contributed by atoms with Crippen LogP contribution in [0.4, 0.5) is 23.7 Å². The summed E-state index contributed by atoms with van der Waals surface area (Å²) in [4.78, 5) is 14.3. The fourth-order valence-electron chi connectivity index (χ4n) is 3.26. The van der Waals surface area contributed by atoms with Crippen LogP contribution in [0, 0.1) is 12.7 Å². The van der Waals surface area contributed by atoms with E-state index in [9.17, 15) is 18.0 Å². The van der Waals surface area contributed by atoms with Crippen molar-refractivity contribution in [2.24, 2.45) is 0 Å². The number of nitrogens with one attached hydrogen (secondary N) is 1. The number of anilines is 1. The van der Waals surface area contributed by atoms with E-state index in [1.807, 2.05) is 31.2 Å². The van der Waals surface area contributed by atoms with Gasteiger partial charge in [-0.25, -0.2) is 9.18 Å². The molecule has 1 fully saturated rings. The standard InChI is InChI=1S/C19H19F3N2O2/c1-12-5-2-3-6-14(12)16-7-4-10-24(16)19(25)23-13-8-9-17(15(20)11-13)26-18(21)22/h2-3,5-6,8-9,11,16,18H,4,7,10H2,1H3,(H,23,25). The van der Waals surface area contributed by atoms with Gasteiger partial charge in [0.25, 0.3) is 0 Å². The summed E-state index contributed by atoms with van der Waals surface area (Å²) >= 11 is 0. The van der Waals surface area contributed by atoms with Crippen LogP contribution < -0.4 is 10.1 Å². The Bertz CT molecular complexity index is 798. The number of ether oxygens (including phenoxy) is 1. The van der Waals surface area contributed by atoms with Crippen LogP contribution in [0.2, 0.25) is 0 Å². The fraction of sp³-hybridized carbons (Fsp3) is 0.316. The smallest absolute Gasteiger partial charge is 0.387 e. The van der Waals surface area contributed by atoms with E-state index >= 15 is 0 Å². The molecule has 2 amide bonds. The molecule has 0 radical (unpaired) electrons. The van der Waals surface area contributed by atoms with Gasteiger partial charge >= 0.3 is 12.6 Å². The maximum atomic E-state index is 13.8. The van der Waals surface area contributed by atoms with Crippen molar-refractivity contribution in [1.29, 1.82) is 0 Å². The van der Waals surface area contributed by atoms with Crippen molar-refractivity contribution in [1.82, 2.24) is 4.90 Å². The van der Waals surface area contributed by atoms with Gasteiger partial charge in [0.2, 0.25) is 0 Å². The zero-order chi connectivity index (χ0) is 18.7. The number of carbonyl (C=O) groups is 1. The molecule has 3 rings (SSSR count). The van der Waals surface area contributed by atoms with Gasteiger partial charge in [0.15, 0.2) is 11.6 Å². The summed E-state index contributed by atoms with van der Waals surface area (Å²) in [5.41, 5.74) is 2.38. The predicted octanol–water partition coefficient (Wildman–Crippen LogP) is 5.10. The lowest BCUT2D eigenvalue weighted by atomic mass is 9.99. The highest BCUT2D eigenvalue weighted by Gasteiger charge is 2.30. The molecule has 138 valence electrons. The molecule has 1 saturated heterocycles. The first-order valence-electron chi connectivity index (χ1n) is 8.33. The van der Waals surface area contributed by atoms with E-state index in [1.165, 1.54) is 6.07 Å². The second-order valence-corrected chi connectivity index (χ2v) is 6.16. The molecule has 0 saturated carbocycles. The van der Waals surface area contributed by atoms with Crippen molar-refractivity contribution in [2.45, 2.75) is 32.4 Å². The van der Waals surface area contributed by atoms with E-state index < -0.39 is 18.2 Å². The summed E-state index contributed by atoms with van der Waals surface area (Å²) in [7, 11) is 0. The third kappa shape index (κ3) is 3.92. The van der Waals surface area contributed by atoms with Crippen molar-refractivity contribution in [3.8, 4) is 5.75 Å². The highest BCUT2D eigenvalue weighted by Crippen LogP contribution is 2.34. The van der Waals surface area contributed by atoms with Crippen LogP contribution >= 0.6 is 0 Å². The Balaban J connectivity index is 1.73. The zero-order valence-corrected chi connectivity index (χ0v) is 14.2. The van der Waals surface area contributed by atoms with Crippen LogP contribution in [0.3, 0.4) is 0 Å². The lowest BCUT2D eigenvalue weighted by Crippen LogP contribution is -2.34. The minimum Gasteiger partial charge on any atom is -0.432 e. The molecular formula is C19H19F3N2O2. The summed E-state index contributed by atoms with van der Waals surface area (Å²) < 4.78 is 42.2. The van der Waals surface area contributed by atoms with Crippen molar-refractivity contribution in [2.75, 3.05) is 11.9 Å². The third-order valence-electron chi connectivity index (χ3n) is 4.46. The lowest BCUT2D eigenvalue weighted by molar-refractivity contribution is -0.0521. The Hall–Kier alpha value is -2.70. The van der Waals surface area contributed by atoms with Crippen molar-refractivity contribution in [3.63, 3.8) is 0 Å². The van der Waals surface area contributed by atoms with Gasteiger partial charge in [-0.2, -0.15) is 8.78 Å². The summed E-state index contributed by atoms with van der Waals surface area (Å²) in [6.07, 6.45) is 1.73. The summed E-state index contributed by atoms with van der Waals surface area (Å²) in [6, 6.07) is 10.9. The molecule has 1 aliphatic heterocycles. The Morgan fingerprint density at radius 2 is 2.04 bits per heavy atom. The van der Waals surface area contributed by atoms with E-state index in [1.54, 1.807) is 4.90 Å². The third-order valence-corrected chi connectivity index (χ3v) is 4.46. The quantitative estimate of drug-likeness (QED) is 0.820. The molecule has 0 bridgehead atoms. The van der Waals surface area contributed by atoms with Gasteiger partial charge in [0, 0.05) is 18.3 Å². The molecule has 4 nitrogen and oxygen atoms in total. The summed E-state index contributed by atoms with van der Waals surface area (Å²) in [5.74, 6) is -1.52. The highest BCUT2D eigenvalue weighted by molar-refractivity contribution is 5.90. The molecule has 2 aromatic carbocycles.